The Kier molecular flexibility index (Phi) is 3.91. The number of likely N-dealkylation sites (tertiary alicyclic amines) is 1. The lowest BCUT2D eigenvalue weighted by Gasteiger charge is -2.20. The number of halogens is 1. The van der Waals surface area contributed by atoms with Gasteiger partial charge in [-0.2, -0.15) is 4.39 Å². The first-order valence-corrected chi connectivity index (χ1v) is 7.87. The molecule has 126 valence electrons. The van der Waals surface area contributed by atoms with Gasteiger partial charge in [0, 0.05) is 38.2 Å². The van der Waals surface area contributed by atoms with E-state index in [-0.39, 0.29) is 29.1 Å². The Bertz CT molecular complexity index is 621. The molecule has 0 aliphatic carbocycles. The molecule has 1 unspecified atom stereocenters. The SMILES string of the molecule is CC(C)N1C[C@H](C)[C@H](NC(=O)c2cc3c(cn2)OC(C)(F)O3)C1. The van der Waals surface area contributed by atoms with Gasteiger partial charge in [0.2, 0.25) is 0 Å². The number of amides is 1. The Morgan fingerprint density at radius 2 is 2.13 bits per heavy atom. The Balaban J connectivity index is 1.68. The number of ether oxygens (including phenoxy) is 2. The summed E-state index contributed by atoms with van der Waals surface area (Å²) < 4.78 is 23.6. The molecule has 1 amide bonds. The van der Waals surface area contributed by atoms with Gasteiger partial charge in [-0.05, 0) is 19.8 Å². The number of carbonyl (C=O) groups excluding carboxylic acids is 1. The highest BCUT2D eigenvalue weighted by Crippen LogP contribution is 2.39. The van der Waals surface area contributed by atoms with Crippen LogP contribution in [0.15, 0.2) is 12.3 Å². The van der Waals surface area contributed by atoms with Crippen molar-refractivity contribution in [1.29, 1.82) is 0 Å². The standard InChI is InChI=1S/C16H22FN3O3/c1-9(2)20-7-10(3)12(8-20)19-15(21)11-5-13-14(6-18-11)23-16(4,17)22-13/h5-6,9-10,12H,7-8H2,1-4H3,(H,19,21)/t10-,12+,16?/m0/s1. The summed E-state index contributed by atoms with van der Waals surface area (Å²) in [6.07, 6.45) is 1.31. The molecule has 0 bridgehead atoms. The van der Waals surface area contributed by atoms with Crippen molar-refractivity contribution in [2.45, 2.75) is 45.8 Å². The maximum absolute atomic E-state index is 13.7. The molecule has 1 aromatic rings. The van der Waals surface area contributed by atoms with Crippen LogP contribution in [0.4, 0.5) is 4.39 Å². The summed E-state index contributed by atoms with van der Waals surface area (Å²) in [4.78, 5) is 18.8. The minimum atomic E-state index is -2.21. The lowest BCUT2D eigenvalue weighted by atomic mass is 10.1. The Morgan fingerprint density at radius 3 is 2.78 bits per heavy atom. The highest BCUT2D eigenvalue weighted by atomic mass is 19.2. The zero-order valence-corrected chi connectivity index (χ0v) is 13.8. The number of carbonyl (C=O) groups is 1. The molecule has 7 heteroatoms. The van der Waals surface area contributed by atoms with Crippen LogP contribution in [0.1, 0.15) is 38.2 Å². The quantitative estimate of drug-likeness (QED) is 0.921. The molecule has 0 saturated carbocycles. The van der Waals surface area contributed by atoms with Gasteiger partial charge in [0.1, 0.15) is 5.69 Å². The van der Waals surface area contributed by atoms with Gasteiger partial charge >= 0.3 is 6.04 Å². The van der Waals surface area contributed by atoms with Crippen molar-refractivity contribution in [3.8, 4) is 11.5 Å². The molecular weight excluding hydrogens is 301 g/mol. The summed E-state index contributed by atoms with van der Waals surface area (Å²) in [6, 6.07) is -0.277. The lowest BCUT2D eigenvalue weighted by molar-refractivity contribution is -0.173. The summed E-state index contributed by atoms with van der Waals surface area (Å²) in [5.74, 6) is 0.473. The van der Waals surface area contributed by atoms with E-state index in [1.165, 1.54) is 12.3 Å². The van der Waals surface area contributed by atoms with Gasteiger partial charge in [-0.3, -0.25) is 9.69 Å². The maximum Gasteiger partial charge on any atom is 0.404 e. The Labute approximate surface area is 135 Å². The van der Waals surface area contributed by atoms with Crippen molar-refractivity contribution in [2.75, 3.05) is 13.1 Å². The van der Waals surface area contributed by atoms with E-state index in [1.54, 1.807) is 0 Å². The van der Waals surface area contributed by atoms with Crippen LogP contribution in [0.3, 0.4) is 0 Å². The fraction of sp³-hybridized carbons (Fsp3) is 0.625. The van der Waals surface area contributed by atoms with Crippen LogP contribution in [0.5, 0.6) is 11.5 Å². The number of hydrogen-bond donors (Lipinski definition) is 1. The fourth-order valence-corrected chi connectivity index (χ4v) is 2.97. The van der Waals surface area contributed by atoms with Crippen LogP contribution in [0.2, 0.25) is 0 Å². The van der Waals surface area contributed by atoms with Crippen molar-refractivity contribution < 1.29 is 18.7 Å². The van der Waals surface area contributed by atoms with E-state index < -0.39 is 6.04 Å². The second kappa shape index (κ2) is 5.63. The third kappa shape index (κ3) is 3.24. The van der Waals surface area contributed by atoms with Crippen LogP contribution in [0.25, 0.3) is 0 Å². The first-order valence-electron chi connectivity index (χ1n) is 7.87. The van der Waals surface area contributed by atoms with E-state index in [0.717, 1.165) is 20.0 Å². The second-order valence-corrected chi connectivity index (χ2v) is 6.66. The number of hydrogen-bond acceptors (Lipinski definition) is 5. The zero-order chi connectivity index (χ0) is 16.8. The Hall–Kier alpha value is -1.89. The van der Waals surface area contributed by atoms with Crippen molar-refractivity contribution in [3.05, 3.63) is 18.0 Å². The number of fused-ring (bicyclic) bond motifs is 1. The molecule has 3 heterocycles. The molecular formula is C16H22FN3O3. The largest absolute Gasteiger partial charge is 0.423 e. The predicted molar refractivity (Wildman–Crippen MR) is 82.1 cm³/mol. The number of rotatable bonds is 3. The van der Waals surface area contributed by atoms with E-state index in [4.69, 9.17) is 9.47 Å². The molecule has 0 aromatic carbocycles. The molecule has 3 atom stereocenters. The van der Waals surface area contributed by atoms with Gasteiger partial charge in [0.15, 0.2) is 11.5 Å². The second-order valence-electron chi connectivity index (χ2n) is 6.66. The minimum Gasteiger partial charge on any atom is -0.423 e. The van der Waals surface area contributed by atoms with Crippen LogP contribution in [0, 0.1) is 5.92 Å². The first-order chi connectivity index (χ1) is 10.7. The highest BCUT2D eigenvalue weighted by Gasteiger charge is 2.38. The van der Waals surface area contributed by atoms with Crippen molar-refractivity contribution in [1.82, 2.24) is 15.2 Å². The summed E-state index contributed by atoms with van der Waals surface area (Å²) in [7, 11) is 0. The minimum absolute atomic E-state index is 0.0727. The number of nitrogens with one attached hydrogen (secondary N) is 1. The monoisotopic (exact) mass is 323 g/mol. The normalized spacial score (nSPS) is 30.0. The maximum atomic E-state index is 13.7. The van der Waals surface area contributed by atoms with Gasteiger partial charge in [-0.15, -0.1) is 0 Å². The van der Waals surface area contributed by atoms with Gasteiger partial charge in [0.05, 0.1) is 6.20 Å². The smallest absolute Gasteiger partial charge is 0.404 e. The average molecular weight is 323 g/mol. The number of pyridine rings is 1. The van der Waals surface area contributed by atoms with Crippen molar-refractivity contribution in [2.24, 2.45) is 5.92 Å². The molecule has 0 spiro atoms. The number of nitrogens with zero attached hydrogens (tertiary/aromatic N) is 2. The third-order valence-electron chi connectivity index (χ3n) is 4.34. The molecule has 2 aliphatic heterocycles. The molecule has 0 radical (unpaired) electrons. The van der Waals surface area contributed by atoms with E-state index >= 15 is 0 Å². The molecule has 3 rings (SSSR count). The molecule has 23 heavy (non-hydrogen) atoms. The summed E-state index contributed by atoms with van der Waals surface area (Å²) in [6.45, 7) is 9.34. The van der Waals surface area contributed by atoms with Gasteiger partial charge in [-0.25, -0.2) is 4.98 Å². The van der Waals surface area contributed by atoms with Crippen LogP contribution >= 0.6 is 0 Å². The molecule has 2 aliphatic rings. The third-order valence-corrected chi connectivity index (χ3v) is 4.34. The van der Waals surface area contributed by atoms with E-state index in [2.05, 4.69) is 36.0 Å². The lowest BCUT2D eigenvalue weighted by Crippen LogP contribution is -2.40. The zero-order valence-electron chi connectivity index (χ0n) is 13.8. The molecule has 6 nitrogen and oxygen atoms in total. The summed E-state index contributed by atoms with van der Waals surface area (Å²) in [5, 5.41) is 3.01. The molecule has 1 saturated heterocycles. The van der Waals surface area contributed by atoms with E-state index in [0.29, 0.717) is 12.0 Å². The number of aromatic nitrogens is 1. The van der Waals surface area contributed by atoms with Crippen LogP contribution < -0.4 is 14.8 Å². The average Bonchev–Trinajstić information content (AvgIpc) is 2.96. The molecule has 1 fully saturated rings. The molecule has 1 aromatic heterocycles. The number of alkyl halides is 1. The summed E-state index contributed by atoms with van der Waals surface area (Å²) in [5.41, 5.74) is 0.195. The molecule has 1 N–H and O–H groups in total. The predicted octanol–water partition coefficient (Wildman–Crippen LogP) is 1.95. The first kappa shape index (κ1) is 16.0. The van der Waals surface area contributed by atoms with Crippen molar-refractivity contribution in [3.63, 3.8) is 0 Å². The Morgan fingerprint density at radius 1 is 1.43 bits per heavy atom. The summed E-state index contributed by atoms with van der Waals surface area (Å²) >= 11 is 0. The highest BCUT2D eigenvalue weighted by molar-refractivity contribution is 5.93. The fourth-order valence-electron chi connectivity index (χ4n) is 2.97. The van der Waals surface area contributed by atoms with Crippen LogP contribution in [-0.4, -0.2) is 47.0 Å². The topological polar surface area (TPSA) is 63.7 Å². The van der Waals surface area contributed by atoms with Gasteiger partial charge < -0.3 is 14.8 Å². The van der Waals surface area contributed by atoms with Gasteiger partial charge in [0.25, 0.3) is 5.91 Å². The van der Waals surface area contributed by atoms with Crippen molar-refractivity contribution >= 4 is 5.91 Å². The van der Waals surface area contributed by atoms with Crippen LogP contribution in [-0.2, 0) is 0 Å². The van der Waals surface area contributed by atoms with E-state index in [9.17, 15) is 9.18 Å². The van der Waals surface area contributed by atoms with Gasteiger partial charge in [-0.1, -0.05) is 6.92 Å². The van der Waals surface area contributed by atoms with E-state index in [1.807, 2.05) is 0 Å².